The van der Waals surface area contributed by atoms with Crippen molar-refractivity contribution in [2.45, 2.75) is 36.2 Å². The smallest absolute Gasteiger partial charge is 0.252 e. The molecule has 1 saturated carbocycles. The van der Waals surface area contributed by atoms with Gasteiger partial charge in [-0.05, 0) is 29.8 Å². The van der Waals surface area contributed by atoms with E-state index in [4.69, 9.17) is 5.73 Å². The van der Waals surface area contributed by atoms with E-state index < -0.39 is 80.1 Å². The minimum absolute atomic E-state index is 0.227. The van der Waals surface area contributed by atoms with Crippen molar-refractivity contribution in [2.24, 2.45) is 11.7 Å². The Bertz CT molecular complexity index is 1220. The summed E-state index contributed by atoms with van der Waals surface area (Å²) < 4.78 is 79.9. The molecule has 6 nitrogen and oxygen atoms in total. The van der Waals surface area contributed by atoms with Crippen LogP contribution < -0.4 is 10.6 Å². The van der Waals surface area contributed by atoms with E-state index in [0.717, 1.165) is 23.1 Å². The number of carbonyl (C=O) groups is 2. The van der Waals surface area contributed by atoms with E-state index in [0.29, 0.717) is 11.6 Å². The number of ketones is 1. The number of hydrogen-bond acceptors (Lipinski definition) is 5. The van der Waals surface area contributed by atoms with Crippen molar-refractivity contribution in [3.8, 4) is 0 Å². The Morgan fingerprint density at radius 3 is 2.38 bits per heavy atom. The quantitative estimate of drug-likeness (QED) is 0.536. The second kappa shape index (κ2) is 7.66. The fourth-order valence-corrected chi connectivity index (χ4v) is 5.26. The molecule has 1 heterocycles. The van der Waals surface area contributed by atoms with Gasteiger partial charge < -0.3 is 10.6 Å². The molecule has 2 aromatic carbocycles. The Hall–Kier alpha value is -2.79. The van der Waals surface area contributed by atoms with Gasteiger partial charge in [0.15, 0.2) is 15.6 Å². The first-order valence-electron chi connectivity index (χ1n) is 9.68. The number of carbonyl (C=O) groups excluding carboxylic acids is 2. The molecule has 1 aliphatic heterocycles. The lowest BCUT2D eigenvalue weighted by Crippen LogP contribution is -2.45. The van der Waals surface area contributed by atoms with E-state index >= 15 is 0 Å². The molecule has 1 aliphatic carbocycles. The molecule has 1 unspecified atom stereocenters. The number of nitrogens with two attached hydrogens (primary N) is 1. The monoisotopic (exact) mass is 470 g/mol. The third-order valence-electron chi connectivity index (χ3n) is 5.60. The molecule has 4 rings (SSSR count). The summed E-state index contributed by atoms with van der Waals surface area (Å²) >= 11 is 0. The zero-order valence-electron chi connectivity index (χ0n) is 16.5. The highest BCUT2D eigenvalue weighted by Gasteiger charge is 2.57. The fraction of sp³-hybridized carbons (Fsp3) is 0.333. The maximum absolute atomic E-state index is 14.7. The van der Waals surface area contributed by atoms with Crippen LogP contribution in [0.1, 0.15) is 28.8 Å². The van der Waals surface area contributed by atoms with Gasteiger partial charge in [-0.2, -0.15) is 0 Å². The van der Waals surface area contributed by atoms with Crippen molar-refractivity contribution >= 4 is 27.2 Å². The van der Waals surface area contributed by atoms with E-state index in [-0.39, 0.29) is 12.2 Å². The predicted octanol–water partition coefficient (Wildman–Crippen LogP) is 2.84. The molecule has 0 bridgehead atoms. The first kappa shape index (κ1) is 22.4. The number of alkyl halides is 2. The number of sulfone groups is 1. The first-order valence-corrected chi connectivity index (χ1v) is 11.3. The molecule has 2 aliphatic rings. The highest BCUT2D eigenvalue weighted by Crippen LogP contribution is 2.51. The van der Waals surface area contributed by atoms with Crippen LogP contribution in [0.15, 0.2) is 41.3 Å². The first-order chi connectivity index (χ1) is 14.9. The summed E-state index contributed by atoms with van der Waals surface area (Å²) in [5.74, 6) is -8.41. The number of nitrogens with zero attached hydrogens (tertiary/aromatic N) is 1. The van der Waals surface area contributed by atoms with Gasteiger partial charge in [0.25, 0.3) is 5.92 Å². The second-order valence-corrected chi connectivity index (χ2v) is 10.0. The van der Waals surface area contributed by atoms with Crippen molar-refractivity contribution < 1.29 is 35.6 Å². The summed E-state index contributed by atoms with van der Waals surface area (Å²) in [5, 5.41) is 0. The Morgan fingerprint density at radius 2 is 1.78 bits per heavy atom. The number of Topliss-reactive ketones (excluding diaryl/α,β-unsaturated/α-hetero) is 1. The van der Waals surface area contributed by atoms with Gasteiger partial charge in [-0.3, -0.25) is 9.59 Å². The third-order valence-corrected chi connectivity index (χ3v) is 7.39. The standard InChI is InChI=1S/C21H18F4N2O4S/c22-13-3-1-11(2-4-13)9-27-17-6-14(18(28)5-12-8-21(12,24)25)15(23)7-19(17)32(30,31)10-16(26)20(27)29/h1-4,6-7,12,16H,5,8-10,26H2/t12?,16-/m0/s1. The van der Waals surface area contributed by atoms with Crippen LogP contribution in [-0.4, -0.2) is 37.8 Å². The minimum atomic E-state index is -4.21. The molecule has 0 spiro atoms. The Morgan fingerprint density at radius 1 is 1.16 bits per heavy atom. The average molecular weight is 470 g/mol. The van der Waals surface area contributed by atoms with E-state index in [1.54, 1.807) is 0 Å². The number of anilines is 1. The van der Waals surface area contributed by atoms with Crippen LogP contribution in [-0.2, 0) is 21.2 Å². The summed E-state index contributed by atoms with van der Waals surface area (Å²) in [6.07, 6.45) is -1.09. The zero-order valence-corrected chi connectivity index (χ0v) is 17.3. The van der Waals surface area contributed by atoms with E-state index in [1.165, 1.54) is 12.1 Å². The van der Waals surface area contributed by atoms with Crippen LogP contribution in [0, 0.1) is 17.6 Å². The van der Waals surface area contributed by atoms with Gasteiger partial charge in [0.05, 0.1) is 34.5 Å². The van der Waals surface area contributed by atoms with Crippen LogP contribution >= 0.6 is 0 Å². The molecular weight excluding hydrogens is 452 g/mol. The summed E-state index contributed by atoms with van der Waals surface area (Å²) in [7, 11) is -4.21. The number of hydrogen-bond donors (Lipinski definition) is 1. The topological polar surface area (TPSA) is 97.5 Å². The zero-order chi connectivity index (χ0) is 23.4. The van der Waals surface area contributed by atoms with Crippen molar-refractivity contribution in [3.63, 3.8) is 0 Å². The predicted molar refractivity (Wildman–Crippen MR) is 106 cm³/mol. The molecule has 32 heavy (non-hydrogen) atoms. The fourth-order valence-electron chi connectivity index (χ4n) is 3.69. The minimum Gasteiger partial charge on any atom is -0.319 e. The lowest BCUT2D eigenvalue weighted by molar-refractivity contribution is -0.119. The molecule has 0 radical (unpaired) electrons. The van der Waals surface area contributed by atoms with E-state index in [9.17, 15) is 35.6 Å². The summed E-state index contributed by atoms with van der Waals surface area (Å²) in [6.45, 7) is -0.227. The molecular formula is C21H18F4N2O4S. The van der Waals surface area contributed by atoms with Crippen LogP contribution in [0.5, 0.6) is 0 Å². The number of benzene rings is 2. The highest BCUT2D eigenvalue weighted by atomic mass is 32.2. The molecule has 170 valence electrons. The highest BCUT2D eigenvalue weighted by molar-refractivity contribution is 7.91. The molecule has 2 atom stereocenters. The van der Waals surface area contributed by atoms with Gasteiger partial charge in [0, 0.05) is 18.8 Å². The number of rotatable bonds is 5. The Balaban J connectivity index is 1.80. The van der Waals surface area contributed by atoms with E-state index in [1.807, 2.05) is 0 Å². The van der Waals surface area contributed by atoms with Gasteiger partial charge in [0.2, 0.25) is 5.91 Å². The number of halogens is 4. The number of amides is 1. The lowest BCUT2D eigenvalue weighted by atomic mass is 10.0. The average Bonchev–Trinajstić information content (AvgIpc) is 3.32. The van der Waals surface area contributed by atoms with Crippen LogP contribution in [0.2, 0.25) is 0 Å². The van der Waals surface area contributed by atoms with Crippen LogP contribution in [0.3, 0.4) is 0 Å². The van der Waals surface area contributed by atoms with Gasteiger partial charge in [-0.25, -0.2) is 26.0 Å². The van der Waals surface area contributed by atoms with Gasteiger partial charge in [-0.15, -0.1) is 0 Å². The van der Waals surface area contributed by atoms with Crippen molar-refractivity contribution in [3.05, 3.63) is 59.2 Å². The van der Waals surface area contributed by atoms with Gasteiger partial charge in [-0.1, -0.05) is 12.1 Å². The number of fused-ring (bicyclic) bond motifs is 1. The molecule has 0 aromatic heterocycles. The van der Waals surface area contributed by atoms with Gasteiger partial charge >= 0.3 is 0 Å². The van der Waals surface area contributed by atoms with E-state index in [2.05, 4.69) is 0 Å². The third kappa shape index (κ3) is 4.14. The molecule has 1 amide bonds. The maximum atomic E-state index is 14.7. The summed E-state index contributed by atoms with van der Waals surface area (Å²) in [5.41, 5.74) is 5.32. The lowest BCUT2D eigenvalue weighted by Gasteiger charge is -2.25. The molecule has 2 aromatic rings. The van der Waals surface area contributed by atoms with Crippen molar-refractivity contribution in [1.29, 1.82) is 0 Å². The van der Waals surface area contributed by atoms with Crippen molar-refractivity contribution in [2.75, 3.05) is 10.7 Å². The summed E-state index contributed by atoms with van der Waals surface area (Å²) in [4.78, 5) is 25.8. The molecule has 11 heteroatoms. The molecule has 0 saturated heterocycles. The SMILES string of the molecule is N[C@H]1CS(=O)(=O)c2cc(F)c(C(=O)CC3CC3(F)F)cc2N(Cc2ccc(F)cc2)C1=O. The largest absolute Gasteiger partial charge is 0.319 e. The van der Waals surface area contributed by atoms with Crippen LogP contribution in [0.25, 0.3) is 0 Å². The normalized spacial score (nSPS) is 23.4. The molecule has 1 fully saturated rings. The summed E-state index contributed by atoms with van der Waals surface area (Å²) in [6, 6.07) is 5.09. The Kier molecular flexibility index (Phi) is 5.36. The Labute approximate surface area is 180 Å². The second-order valence-electron chi connectivity index (χ2n) is 8.03. The molecule has 2 N–H and O–H groups in total. The van der Waals surface area contributed by atoms with Gasteiger partial charge in [0.1, 0.15) is 11.6 Å². The van der Waals surface area contributed by atoms with Crippen molar-refractivity contribution in [1.82, 2.24) is 0 Å². The van der Waals surface area contributed by atoms with Crippen LogP contribution in [0.4, 0.5) is 23.2 Å². The maximum Gasteiger partial charge on any atom is 0.252 e.